The Kier molecular flexibility index (Phi) is 5.21. The SMILES string of the molecule is CC(C)n1nnnc1[C@H](c1ccccc1)[NH+]1CCN(C(=O)c2ccco2)CC1. The lowest BCUT2D eigenvalue weighted by atomic mass is 10.0. The summed E-state index contributed by atoms with van der Waals surface area (Å²) in [5.74, 6) is 1.21. The summed E-state index contributed by atoms with van der Waals surface area (Å²) >= 11 is 0. The van der Waals surface area contributed by atoms with E-state index in [1.807, 2.05) is 27.8 Å². The first-order chi connectivity index (χ1) is 13.6. The zero-order chi connectivity index (χ0) is 19.5. The minimum atomic E-state index is -0.0488. The Morgan fingerprint density at radius 1 is 1.11 bits per heavy atom. The van der Waals surface area contributed by atoms with Crippen LogP contribution >= 0.6 is 0 Å². The number of furan rings is 1. The number of hydrogen-bond acceptors (Lipinski definition) is 5. The van der Waals surface area contributed by atoms with E-state index >= 15 is 0 Å². The molecule has 0 saturated carbocycles. The van der Waals surface area contributed by atoms with Gasteiger partial charge in [0.05, 0.1) is 38.5 Å². The first-order valence-electron chi connectivity index (χ1n) is 9.65. The predicted octanol–water partition coefficient (Wildman–Crippen LogP) is 0.977. The maximum atomic E-state index is 12.6. The van der Waals surface area contributed by atoms with E-state index in [0.29, 0.717) is 18.8 Å². The lowest BCUT2D eigenvalue weighted by Gasteiger charge is -2.36. The van der Waals surface area contributed by atoms with Gasteiger partial charge in [-0.05, 0) is 36.4 Å². The average molecular weight is 381 g/mol. The third-order valence-electron chi connectivity index (χ3n) is 5.23. The Bertz CT molecular complexity index is 898. The van der Waals surface area contributed by atoms with Gasteiger partial charge in [0.15, 0.2) is 11.8 Å². The van der Waals surface area contributed by atoms with E-state index in [-0.39, 0.29) is 18.0 Å². The lowest BCUT2D eigenvalue weighted by Crippen LogP contribution is -3.15. The molecule has 4 rings (SSSR count). The van der Waals surface area contributed by atoms with Crippen LogP contribution in [0.25, 0.3) is 0 Å². The van der Waals surface area contributed by atoms with Gasteiger partial charge in [-0.15, -0.1) is 5.10 Å². The van der Waals surface area contributed by atoms with Crippen molar-refractivity contribution in [1.29, 1.82) is 0 Å². The summed E-state index contributed by atoms with van der Waals surface area (Å²) in [6.45, 7) is 7.13. The largest absolute Gasteiger partial charge is 0.459 e. The van der Waals surface area contributed by atoms with Crippen molar-refractivity contribution in [3.05, 3.63) is 65.9 Å². The monoisotopic (exact) mass is 381 g/mol. The van der Waals surface area contributed by atoms with Gasteiger partial charge in [0.25, 0.3) is 5.91 Å². The normalized spacial score (nSPS) is 16.5. The van der Waals surface area contributed by atoms with Crippen molar-refractivity contribution in [3.8, 4) is 0 Å². The van der Waals surface area contributed by atoms with Gasteiger partial charge in [0.2, 0.25) is 5.82 Å². The molecule has 8 heteroatoms. The molecule has 28 heavy (non-hydrogen) atoms. The van der Waals surface area contributed by atoms with Gasteiger partial charge in [-0.2, -0.15) is 0 Å². The van der Waals surface area contributed by atoms with Crippen LogP contribution in [0.4, 0.5) is 0 Å². The third kappa shape index (κ3) is 3.55. The molecule has 1 saturated heterocycles. The van der Waals surface area contributed by atoms with Crippen LogP contribution in [0, 0.1) is 0 Å². The van der Waals surface area contributed by atoms with Crippen LogP contribution in [0.1, 0.15) is 47.9 Å². The highest BCUT2D eigenvalue weighted by Gasteiger charge is 2.35. The van der Waals surface area contributed by atoms with Crippen molar-refractivity contribution < 1.29 is 14.1 Å². The fourth-order valence-corrected chi connectivity index (χ4v) is 3.81. The summed E-state index contributed by atoms with van der Waals surface area (Å²) in [6, 6.07) is 14.0. The van der Waals surface area contributed by atoms with Crippen molar-refractivity contribution in [1.82, 2.24) is 25.1 Å². The molecule has 3 heterocycles. The maximum Gasteiger partial charge on any atom is 0.289 e. The van der Waals surface area contributed by atoms with Gasteiger partial charge in [-0.1, -0.05) is 30.3 Å². The summed E-state index contributed by atoms with van der Waals surface area (Å²) in [5.41, 5.74) is 1.18. The molecule has 1 aromatic carbocycles. The smallest absolute Gasteiger partial charge is 0.289 e. The van der Waals surface area contributed by atoms with E-state index in [1.165, 1.54) is 16.7 Å². The first kappa shape index (κ1) is 18.4. The maximum absolute atomic E-state index is 12.6. The molecular formula is C20H25N6O2+. The summed E-state index contributed by atoms with van der Waals surface area (Å²) in [4.78, 5) is 15.8. The number of amides is 1. The summed E-state index contributed by atoms with van der Waals surface area (Å²) < 4.78 is 7.16. The topological polar surface area (TPSA) is 81.5 Å². The van der Waals surface area contributed by atoms with Gasteiger partial charge in [-0.25, -0.2) is 4.68 Å². The van der Waals surface area contributed by atoms with Gasteiger partial charge >= 0.3 is 0 Å². The van der Waals surface area contributed by atoms with E-state index in [4.69, 9.17) is 4.42 Å². The molecule has 0 aliphatic carbocycles. The second kappa shape index (κ2) is 7.93. The average Bonchev–Trinajstić information content (AvgIpc) is 3.41. The highest BCUT2D eigenvalue weighted by Crippen LogP contribution is 2.19. The summed E-state index contributed by atoms with van der Waals surface area (Å²) in [6.07, 6.45) is 1.53. The summed E-state index contributed by atoms with van der Waals surface area (Å²) in [5, 5.41) is 12.5. The second-order valence-corrected chi connectivity index (χ2v) is 7.35. The molecule has 0 spiro atoms. The third-order valence-corrected chi connectivity index (χ3v) is 5.23. The molecule has 0 bridgehead atoms. The zero-order valence-electron chi connectivity index (χ0n) is 16.2. The Morgan fingerprint density at radius 3 is 2.50 bits per heavy atom. The van der Waals surface area contributed by atoms with E-state index in [9.17, 15) is 4.79 Å². The van der Waals surface area contributed by atoms with Crippen LogP contribution in [0.3, 0.4) is 0 Å². The second-order valence-electron chi connectivity index (χ2n) is 7.35. The Labute approximate surface area is 163 Å². The Hall–Kier alpha value is -3.00. The van der Waals surface area contributed by atoms with Crippen molar-refractivity contribution in [2.24, 2.45) is 0 Å². The van der Waals surface area contributed by atoms with E-state index < -0.39 is 0 Å². The van der Waals surface area contributed by atoms with Crippen molar-refractivity contribution in [3.63, 3.8) is 0 Å². The predicted molar refractivity (Wildman–Crippen MR) is 102 cm³/mol. The molecule has 0 radical (unpaired) electrons. The number of rotatable bonds is 5. The molecule has 2 aromatic heterocycles. The molecule has 1 aliphatic rings. The van der Waals surface area contributed by atoms with E-state index in [0.717, 1.165) is 18.9 Å². The van der Waals surface area contributed by atoms with Crippen LogP contribution < -0.4 is 4.90 Å². The molecular weight excluding hydrogens is 356 g/mol. The number of aromatic nitrogens is 4. The number of hydrogen-bond donors (Lipinski definition) is 1. The van der Waals surface area contributed by atoms with Crippen molar-refractivity contribution in [2.45, 2.75) is 25.9 Å². The number of nitrogens with zero attached hydrogens (tertiary/aromatic N) is 5. The Balaban J connectivity index is 1.57. The molecule has 1 aliphatic heterocycles. The fraction of sp³-hybridized carbons (Fsp3) is 0.400. The molecule has 3 aromatic rings. The lowest BCUT2D eigenvalue weighted by molar-refractivity contribution is -0.930. The highest BCUT2D eigenvalue weighted by atomic mass is 16.3. The number of quaternary nitrogens is 1. The van der Waals surface area contributed by atoms with Crippen LogP contribution in [-0.4, -0.2) is 57.2 Å². The van der Waals surface area contributed by atoms with Gasteiger partial charge in [0, 0.05) is 5.56 Å². The number of carbonyl (C=O) groups excluding carboxylic acids is 1. The minimum Gasteiger partial charge on any atom is -0.459 e. The molecule has 0 unspecified atom stereocenters. The molecule has 1 amide bonds. The number of carbonyl (C=O) groups is 1. The quantitative estimate of drug-likeness (QED) is 0.712. The number of piperazine rings is 1. The summed E-state index contributed by atoms with van der Waals surface area (Å²) in [7, 11) is 0. The van der Waals surface area contributed by atoms with Crippen LogP contribution in [0.2, 0.25) is 0 Å². The van der Waals surface area contributed by atoms with Crippen LogP contribution in [-0.2, 0) is 0 Å². The van der Waals surface area contributed by atoms with Crippen LogP contribution in [0.15, 0.2) is 53.1 Å². The fourth-order valence-electron chi connectivity index (χ4n) is 3.81. The highest BCUT2D eigenvalue weighted by molar-refractivity contribution is 5.91. The standard InChI is InChI=1S/C20H24N6O2/c1-15(2)26-19(21-22-23-26)18(16-7-4-3-5-8-16)24-10-12-25(13-11-24)20(27)17-9-6-14-28-17/h3-9,14-15,18H,10-13H2,1-2H3/p+1/t18-/m0/s1. The number of tetrazole rings is 1. The number of benzene rings is 1. The first-order valence-corrected chi connectivity index (χ1v) is 9.65. The van der Waals surface area contributed by atoms with Gasteiger partial charge < -0.3 is 14.2 Å². The molecule has 1 fully saturated rings. The van der Waals surface area contributed by atoms with Gasteiger partial charge in [-0.3, -0.25) is 4.79 Å². The van der Waals surface area contributed by atoms with E-state index in [2.05, 4.69) is 41.5 Å². The van der Waals surface area contributed by atoms with Crippen LogP contribution in [0.5, 0.6) is 0 Å². The van der Waals surface area contributed by atoms with E-state index in [1.54, 1.807) is 12.1 Å². The zero-order valence-corrected chi connectivity index (χ0v) is 16.2. The number of nitrogens with one attached hydrogen (secondary N) is 1. The molecule has 146 valence electrons. The minimum absolute atomic E-state index is 0.0273. The molecule has 8 nitrogen and oxygen atoms in total. The Morgan fingerprint density at radius 2 is 1.86 bits per heavy atom. The van der Waals surface area contributed by atoms with Gasteiger partial charge in [0.1, 0.15) is 0 Å². The van der Waals surface area contributed by atoms with Crippen molar-refractivity contribution >= 4 is 5.91 Å². The van der Waals surface area contributed by atoms with Crippen molar-refractivity contribution in [2.75, 3.05) is 26.2 Å². The molecule has 1 atom stereocenters. The molecule has 1 N–H and O–H groups in total.